The number of rotatable bonds is 3. The van der Waals surface area contributed by atoms with Crippen LogP contribution in [0.25, 0.3) is 0 Å². The highest BCUT2D eigenvalue weighted by molar-refractivity contribution is 7.32. The van der Waals surface area contributed by atoms with Crippen LogP contribution >= 0.6 is 19.9 Å². The van der Waals surface area contributed by atoms with E-state index >= 15 is 0 Å². The maximum Gasteiger partial charge on any atom is 0.317 e. The molecule has 4 atom stereocenters. The van der Waals surface area contributed by atoms with Crippen molar-refractivity contribution >= 4 is 25.8 Å². The van der Waals surface area contributed by atoms with E-state index < -0.39 is 14.4 Å². The van der Waals surface area contributed by atoms with Gasteiger partial charge in [-0.1, -0.05) is 23.7 Å². The van der Waals surface area contributed by atoms with Crippen LogP contribution in [0.1, 0.15) is 43.7 Å². The van der Waals surface area contributed by atoms with E-state index in [-0.39, 0.29) is 18.0 Å². The molecule has 2 unspecified atom stereocenters. The molecule has 0 radical (unpaired) electrons. The van der Waals surface area contributed by atoms with Crippen molar-refractivity contribution in [2.24, 2.45) is 0 Å². The smallest absolute Gasteiger partial charge is 0.317 e. The molecule has 2 aliphatic heterocycles. The van der Waals surface area contributed by atoms with Crippen molar-refractivity contribution in [2.75, 3.05) is 0 Å². The number of carbonyl (C=O) groups is 1. The van der Waals surface area contributed by atoms with Gasteiger partial charge in [0.25, 0.3) is 5.91 Å². The van der Waals surface area contributed by atoms with Gasteiger partial charge >= 0.3 is 8.25 Å². The molecule has 2 heterocycles. The molecule has 1 aromatic rings. The largest absolute Gasteiger partial charge is 0.330 e. The Morgan fingerprint density at radius 3 is 2.59 bits per heavy atom. The molecule has 1 amide bonds. The first-order chi connectivity index (χ1) is 10.6. The standard InChI is InChI=1S/C15H19ClNO4P/c16-11-6-4-10(5-7-11)13-3-1-2-12-8-9-14(21-22(19)20)15(18)17(12)13/h4-7,12-14,22H,1-3,8-9H2,(H,19,20)/t12-,13+,14?/m1/s1. The van der Waals surface area contributed by atoms with Gasteiger partial charge in [-0.25, -0.2) is 0 Å². The third kappa shape index (κ3) is 3.23. The van der Waals surface area contributed by atoms with Gasteiger partial charge in [-0.15, -0.1) is 0 Å². The Hall–Kier alpha value is -0.870. The quantitative estimate of drug-likeness (QED) is 0.855. The van der Waals surface area contributed by atoms with Gasteiger partial charge < -0.3 is 9.79 Å². The minimum atomic E-state index is -3.10. The zero-order chi connectivity index (χ0) is 15.7. The lowest BCUT2D eigenvalue weighted by Crippen LogP contribution is -2.53. The molecule has 1 N–H and O–H groups in total. The predicted octanol–water partition coefficient (Wildman–Crippen LogP) is 3.32. The third-order valence-corrected chi connectivity index (χ3v) is 5.27. The highest BCUT2D eigenvalue weighted by atomic mass is 35.5. The van der Waals surface area contributed by atoms with Crippen molar-refractivity contribution in [3.63, 3.8) is 0 Å². The van der Waals surface area contributed by atoms with Crippen LogP contribution in [0.3, 0.4) is 0 Å². The normalized spacial score (nSPS) is 30.0. The summed E-state index contributed by atoms with van der Waals surface area (Å²) in [7, 11) is -3.10. The molecular formula is C15H19ClNO4P. The van der Waals surface area contributed by atoms with Gasteiger partial charge in [0.2, 0.25) is 0 Å². The predicted molar refractivity (Wildman–Crippen MR) is 84.0 cm³/mol. The van der Waals surface area contributed by atoms with E-state index in [1.807, 2.05) is 29.2 Å². The summed E-state index contributed by atoms with van der Waals surface area (Å²) in [6.07, 6.45) is 3.49. The third-order valence-electron chi connectivity index (χ3n) is 4.53. The maximum atomic E-state index is 12.7. The number of carbonyl (C=O) groups excluding carboxylic acids is 1. The van der Waals surface area contributed by atoms with E-state index in [4.69, 9.17) is 21.0 Å². The van der Waals surface area contributed by atoms with Gasteiger partial charge in [0, 0.05) is 11.1 Å². The first kappa shape index (κ1) is 16.0. The Kier molecular flexibility index (Phi) is 4.88. The van der Waals surface area contributed by atoms with Crippen LogP contribution in [0.15, 0.2) is 24.3 Å². The monoisotopic (exact) mass is 343 g/mol. The lowest BCUT2D eigenvalue weighted by molar-refractivity contribution is -0.152. The van der Waals surface area contributed by atoms with E-state index in [1.54, 1.807) is 0 Å². The molecule has 2 saturated heterocycles. The second kappa shape index (κ2) is 6.71. The molecule has 120 valence electrons. The van der Waals surface area contributed by atoms with E-state index in [9.17, 15) is 9.36 Å². The average molecular weight is 344 g/mol. The second-order valence-corrected chi connectivity index (χ2v) is 7.05. The molecule has 3 rings (SSSR count). The Bertz CT molecular complexity index is 579. The molecule has 2 fully saturated rings. The van der Waals surface area contributed by atoms with E-state index in [0.29, 0.717) is 11.4 Å². The van der Waals surface area contributed by atoms with Crippen LogP contribution in [0.4, 0.5) is 0 Å². The fourth-order valence-electron chi connectivity index (χ4n) is 3.57. The molecular weight excluding hydrogens is 325 g/mol. The molecule has 5 nitrogen and oxygen atoms in total. The molecule has 0 bridgehead atoms. The van der Waals surface area contributed by atoms with Crippen molar-refractivity contribution in [1.29, 1.82) is 0 Å². The highest BCUT2D eigenvalue weighted by Gasteiger charge is 2.42. The minimum absolute atomic E-state index is 0.00377. The maximum absolute atomic E-state index is 12.7. The summed E-state index contributed by atoms with van der Waals surface area (Å²) in [6, 6.07) is 7.74. The van der Waals surface area contributed by atoms with Gasteiger partial charge in [0.05, 0.1) is 6.04 Å². The number of hydrogen-bond donors (Lipinski definition) is 1. The summed E-state index contributed by atoms with van der Waals surface area (Å²) in [6.45, 7) is 0. The van der Waals surface area contributed by atoms with Crippen LogP contribution in [-0.2, 0) is 13.9 Å². The van der Waals surface area contributed by atoms with E-state index in [2.05, 4.69) is 0 Å². The lowest BCUT2D eigenvalue weighted by atomic mass is 9.85. The van der Waals surface area contributed by atoms with E-state index in [1.165, 1.54) is 0 Å². The molecule has 0 aromatic heterocycles. The fraction of sp³-hybridized carbons (Fsp3) is 0.533. The Balaban J connectivity index is 1.86. The molecule has 0 aliphatic carbocycles. The topological polar surface area (TPSA) is 66.8 Å². The summed E-state index contributed by atoms with van der Waals surface area (Å²) in [5.74, 6) is -0.164. The average Bonchev–Trinajstić information content (AvgIpc) is 2.50. The van der Waals surface area contributed by atoms with Gasteiger partial charge in [0.15, 0.2) is 0 Å². The van der Waals surface area contributed by atoms with Crippen LogP contribution in [0, 0.1) is 0 Å². The zero-order valence-corrected chi connectivity index (χ0v) is 13.8. The van der Waals surface area contributed by atoms with Crippen LogP contribution < -0.4 is 0 Å². The number of nitrogens with zero attached hydrogens (tertiary/aromatic N) is 1. The van der Waals surface area contributed by atoms with Crippen LogP contribution in [0.5, 0.6) is 0 Å². The van der Waals surface area contributed by atoms with Crippen molar-refractivity contribution in [3.05, 3.63) is 34.9 Å². The zero-order valence-electron chi connectivity index (χ0n) is 12.1. The number of halogens is 1. The van der Waals surface area contributed by atoms with Gasteiger partial charge in [-0.3, -0.25) is 13.9 Å². The van der Waals surface area contributed by atoms with Crippen LogP contribution in [0.2, 0.25) is 5.02 Å². The van der Waals surface area contributed by atoms with Crippen molar-refractivity contribution in [3.8, 4) is 0 Å². The summed E-state index contributed by atoms with van der Waals surface area (Å²) in [4.78, 5) is 23.5. The SMILES string of the molecule is O=C1C(O[PH](=O)O)CC[C@H]2CCC[C@@H](c3ccc(Cl)cc3)N12. The van der Waals surface area contributed by atoms with Crippen molar-refractivity contribution < 1.29 is 18.8 Å². The summed E-state index contributed by atoms with van der Waals surface area (Å²) >= 11 is 5.94. The summed E-state index contributed by atoms with van der Waals surface area (Å²) < 4.78 is 15.9. The van der Waals surface area contributed by atoms with Gasteiger partial charge in [-0.2, -0.15) is 0 Å². The lowest BCUT2D eigenvalue weighted by Gasteiger charge is -2.47. The molecule has 0 saturated carbocycles. The minimum Gasteiger partial charge on any atom is -0.330 e. The van der Waals surface area contributed by atoms with Crippen molar-refractivity contribution in [2.45, 2.75) is 50.3 Å². The second-order valence-electron chi connectivity index (χ2n) is 5.85. The van der Waals surface area contributed by atoms with Crippen molar-refractivity contribution in [1.82, 2.24) is 4.90 Å². The molecule has 22 heavy (non-hydrogen) atoms. The molecule has 1 aromatic carbocycles. The summed E-state index contributed by atoms with van der Waals surface area (Å²) in [5, 5.41) is 0.668. The Labute approximate surface area is 135 Å². The molecule has 2 aliphatic rings. The van der Waals surface area contributed by atoms with Gasteiger partial charge in [0.1, 0.15) is 6.10 Å². The number of benzene rings is 1. The Morgan fingerprint density at radius 1 is 1.18 bits per heavy atom. The van der Waals surface area contributed by atoms with Gasteiger partial charge in [-0.05, 0) is 49.8 Å². The molecule has 7 heteroatoms. The first-order valence-corrected chi connectivity index (χ1v) is 9.17. The summed E-state index contributed by atoms with van der Waals surface area (Å²) in [5.41, 5.74) is 1.06. The number of amides is 1. The number of fused-ring (bicyclic) bond motifs is 1. The van der Waals surface area contributed by atoms with E-state index in [0.717, 1.165) is 31.2 Å². The first-order valence-electron chi connectivity index (χ1n) is 7.53. The molecule has 0 spiro atoms. The Morgan fingerprint density at radius 2 is 1.91 bits per heavy atom. The van der Waals surface area contributed by atoms with Crippen LogP contribution in [-0.4, -0.2) is 27.8 Å². The number of hydrogen-bond acceptors (Lipinski definition) is 3. The highest BCUT2D eigenvalue weighted by Crippen LogP contribution is 2.41. The fourth-order valence-corrected chi connectivity index (χ4v) is 4.16. The number of piperidine rings is 2.